The fraction of sp³-hybridized carbons (Fsp3) is 0.889. The van der Waals surface area contributed by atoms with E-state index in [1.165, 1.54) is 7.11 Å². The van der Waals surface area contributed by atoms with Crippen molar-refractivity contribution in [3.63, 3.8) is 0 Å². The molecule has 0 amide bonds. The number of carbonyl (C=O) groups is 1. The molecule has 0 rings (SSSR count). The average Bonchev–Trinajstić information content (AvgIpc) is 2.21. The Morgan fingerprint density at radius 3 is 2.36 bits per heavy atom. The first-order valence-corrected chi connectivity index (χ1v) is 4.73. The normalized spacial score (nSPS) is 10.1. The lowest BCUT2D eigenvalue weighted by atomic mass is 10.3. The minimum atomic E-state index is -0.201. The summed E-state index contributed by atoms with van der Waals surface area (Å²) in [5.74, 6) is -0.201. The molecule has 0 saturated carbocycles. The molecule has 0 unspecified atom stereocenters. The third-order valence-corrected chi connectivity index (χ3v) is 1.53. The number of ether oxygens (including phenoxy) is 3. The number of rotatable bonds is 9. The van der Waals surface area contributed by atoms with E-state index < -0.39 is 0 Å². The van der Waals surface area contributed by atoms with Crippen molar-refractivity contribution in [1.82, 2.24) is 0 Å². The molecule has 0 aliphatic heterocycles. The van der Waals surface area contributed by atoms with Gasteiger partial charge in [0, 0.05) is 19.6 Å². The Morgan fingerprint density at radius 1 is 1.14 bits per heavy atom. The van der Waals surface area contributed by atoms with Gasteiger partial charge in [-0.3, -0.25) is 4.79 Å². The molecule has 0 aromatic rings. The van der Waals surface area contributed by atoms with Crippen LogP contribution < -0.4 is 5.73 Å². The first-order chi connectivity index (χ1) is 6.81. The van der Waals surface area contributed by atoms with Crippen LogP contribution in [0.5, 0.6) is 0 Å². The number of esters is 1. The Bertz CT molecular complexity index is 141. The average molecular weight is 205 g/mol. The van der Waals surface area contributed by atoms with Crippen LogP contribution >= 0.6 is 0 Å². The van der Waals surface area contributed by atoms with E-state index in [1.807, 2.05) is 0 Å². The van der Waals surface area contributed by atoms with Gasteiger partial charge in [-0.15, -0.1) is 0 Å². The first-order valence-electron chi connectivity index (χ1n) is 4.73. The molecule has 0 heterocycles. The summed E-state index contributed by atoms with van der Waals surface area (Å²) in [4.78, 5) is 10.7. The molecule has 0 aliphatic carbocycles. The molecule has 5 nitrogen and oxygen atoms in total. The van der Waals surface area contributed by atoms with Crippen molar-refractivity contribution in [3.8, 4) is 0 Å². The van der Waals surface area contributed by atoms with E-state index in [9.17, 15) is 4.79 Å². The van der Waals surface area contributed by atoms with E-state index >= 15 is 0 Å². The third kappa shape index (κ3) is 9.44. The zero-order chi connectivity index (χ0) is 10.6. The van der Waals surface area contributed by atoms with E-state index in [4.69, 9.17) is 15.2 Å². The molecule has 0 fully saturated rings. The van der Waals surface area contributed by atoms with Gasteiger partial charge in [0.25, 0.3) is 0 Å². The molecular weight excluding hydrogens is 186 g/mol. The lowest BCUT2D eigenvalue weighted by Gasteiger charge is -2.04. The first kappa shape index (κ1) is 13.4. The second-order valence-electron chi connectivity index (χ2n) is 2.69. The van der Waals surface area contributed by atoms with Crippen molar-refractivity contribution < 1.29 is 19.0 Å². The van der Waals surface area contributed by atoms with Crippen LogP contribution in [-0.4, -0.2) is 46.1 Å². The summed E-state index contributed by atoms with van der Waals surface area (Å²) >= 11 is 0. The number of carbonyl (C=O) groups excluding carboxylic acids is 1. The highest BCUT2D eigenvalue weighted by molar-refractivity contribution is 5.68. The highest BCUT2D eigenvalue weighted by atomic mass is 16.5. The second-order valence-corrected chi connectivity index (χ2v) is 2.69. The quantitative estimate of drug-likeness (QED) is 0.421. The van der Waals surface area contributed by atoms with Crippen molar-refractivity contribution >= 4 is 5.97 Å². The van der Waals surface area contributed by atoms with Gasteiger partial charge in [0.15, 0.2) is 0 Å². The maximum atomic E-state index is 10.7. The van der Waals surface area contributed by atoms with Crippen LogP contribution in [-0.2, 0) is 19.0 Å². The SMILES string of the molecule is COC(=O)CCCOCCOCCN. The molecule has 0 spiro atoms. The van der Waals surface area contributed by atoms with Gasteiger partial charge in [0.1, 0.15) is 0 Å². The summed E-state index contributed by atoms with van der Waals surface area (Å²) in [6.07, 6.45) is 1.09. The topological polar surface area (TPSA) is 70.8 Å². The Hall–Kier alpha value is -0.650. The van der Waals surface area contributed by atoms with Gasteiger partial charge in [0.05, 0.1) is 26.9 Å². The molecule has 0 aromatic carbocycles. The maximum Gasteiger partial charge on any atom is 0.305 e. The van der Waals surface area contributed by atoms with Crippen molar-refractivity contribution in [2.45, 2.75) is 12.8 Å². The predicted octanol–water partition coefficient (Wildman–Crippen LogP) is -0.0685. The smallest absolute Gasteiger partial charge is 0.305 e. The van der Waals surface area contributed by atoms with Crippen LogP contribution in [0.2, 0.25) is 0 Å². The monoisotopic (exact) mass is 205 g/mol. The Kier molecular flexibility index (Phi) is 9.95. The molecule has 5 heteroatoms. The third-order valence-electron chi connectivity index (χ3n) is 1.53. The predicted molar refractivity (Wildman–Crippen MR) is 51.9 cm³/mol. The highest BCUT2D eigenvalue weighted by Crippen LogP contribution is 1.92. The standard InChI is InChI=1S/C9H19NO4/c1-12-9(11)3-2-5-13-7-8-14-6-4-10/h2-8,10H2,1H3. The van der Waals surface area contributed by atoms with Crippen LogP contribution in [0.25, 0.3) is 0 Å². The summed E-state index contributed by atoms with van der Waals surface area (Å²) in [6.45, 7) is 2.74. The second kappa shape index (κ2) is 10.4. The highest BCUT2D eigenvalue weighted by Gasteiger charge is 1.98. The minimum Gasteiger partial charge on any atom is -0.469 e. The molecule has 0 bridgehead atoms. The van der Waals surface area contributed by atoms with Crippen LogP contribution in [0.15, 0.2) is 0 Å². The number of methoxy groups -OCH3 is 1. The van der Waals surface area contributed by atoms with Crippen molar-refractivity contribution in [1.29, 1.82) is 0 Å². The van der Waals surface area contributed by atoms with Crippen molar-refractivity contribution in [2.75, 3.05) is 40.1 Å². The summed E-state index contributed by atoms with van der Waals surface area (Å²) in [7, 11) is 1.38. The molecule has 0 aliphatic rings. The lowest BCUT2D eigenvalue weighted by Crippen LogP contribution is -2.12. The van der Waals surface area contributed by atoms with Gasteiger partial charge in [-0.1, -0.05) is 0 Å². The number of hydrogen-bond acceptors (Lipinski definition) is 5. The lowest BCUT2D eigenvalue weighted by molar-refractivity contribution is -0.141. The largest absolute Gasteiger partial charge is 0.469 e. The van der Waals surface area contributed by atoms with E-state index in [-0.39, 0.29) is 5.97 Å². The molecule has 0 radical (unpaired) electrons. The van der Waals surface area contributed by atoms with E-state index in [1.54, 1.807) is 0 Å². The summed E-state index contributed by atoms with van der Waals surface area (Å²) in [6, 6.07) is 0. The summed E-state index contributed by atoms with van der Waals surface area (Å²) in [5, 5.41) is 0. The zero-order valence-electron chi connectivity index (χ0n) is 8.66. The molecule has 84 valence electrons. The maximum absolute atomic E-state index is 10.7. The molecule has 14 heavy (non-hydrogen) atoms. The van der Waals surface area contributed by atoms with Gasteiger partial charge >= 0.3 is 5.97 Å². The Balaban J connectivity index is 2.95. The fourth-order valence-corrected chi connectivity index (χ4v) is 0.826. The van der Waals surface area contributed by atoms with Crippen LogP contribution in [0.1, 0.15) is 12.8 Å². The fourth-order valence-electron chi connectivity index (χ4n) is 0.826. The van der Waals surface area contributed by atoms with Crippen molar-refractivity contribution in [3.05, 3.63) is 0 Å². The van der Waals surface area contributed by atoms with Crippen molar-refractivity contribution in [2.24, 2.45) is 5.73 Å². The zero-order valence-corrected chi connectivity index (χ0v) is 8.66. The minimum absolute atomic E-state index is 0.201. The summed E-state index contributed by atoms with van der Waals surface area (Å²) < 4.78 is 14.8. The number of nitrogens with two attached hydrogens (primary N) is 1. The van der Waals surface area contributed by atoms with E-state index in [0.29, 0.717) is 45.8 Å². The van der Waals surface area contributed by atoms with Crippen LogP contribution in [0.4, 0.5) is 0 Å². The molecule has 2 N–H and O–H groups in total. The van der Waals surface area contributed by atoms with E-state index in [2.05, 4.69) is 4.74 Å². The molecular formula is C9H19NO4. The Morgan fingerprint density at radius 2 is 1.79 bits per heavy atom. The Labute approximate surface area is 84.5 Å². The van der Waals surface area contributed by atoms with Crippen LogP contribution in [0.3, 0.4) is 0 Å². The van der Waals surface area contributed by atoms with Gasteiger partial charge in [-0.05, 0) is 6.42 Å². The molecule has 0 saturated heterocycles. The van der Waals surface area contributed by atoms with Gasteiger partial charge in [-0.2, -0.15) is 0 Å². The molecule has 0 atom stereocenters. The number of hydrogen-bond donors (Lipinski definition) is 1. The van der Waals surface area contributed by atoms with Gasteiger partial charge < -0.3 is 19.9 Å². The van der Waals surface area contributed by atoms with E-state index in [0.717, 1.165) is 0 Å². The molecule has 0 aromatic heterocycles. The van der Waals surface area contributed by atoms with Crippen LogP contribution in [0, 0.1) is 0 Å². The summed E-state index contributed by atoms with van der Waals surface area (Å²) in [5.41, 5.74) is 5.22. The van der Waals surface area contributed by atoms with Gasteiger partial charge in [-0.25, -0.2) is 0 Å². The van der Waals surface area contributed by atoms with Gasteiger partial charge in [0.2, 0.25) is 0 Å².